The lowest BCUT2D eigenvalue weighted by Gasteiger charge is -2.40. The SMILES string of the molecule is C[C@H](NC(=O)N1CCC(N2CCCCC2)CC1)[C@@H]1C[C@H]2CC[C@H]1C2. The van der Waals surface area contributed by atoms with Crippen LogP contribution in [0.25, 0.3) is 0 Å². The van der Waals surface area contributed by atoms with Crippen LogP contribution in [0.1, 0.15) is 64.7 Å². The summed E-state index contributed by atoms with van der Waals surface area (Å²) in [5.41, 5.74) is 0. The summed E-state index contributed by atoms with van der Waals surface area (Å²) < 4.78 is 0. The van der Waals surface area contributed by atoms with Gasteiger partial charge in [-0.2, -0.15) is 0 Å². The Kier molecular flexibility index (Phi) is 5.03. The third-order valence-corrected chi connectivity index (χ3v) is 7.44. The summed E-state index contributed by atoms with van der Waals surface area (Å²) in [6.07, 6.45) is 12.1. The summed E-state index contributed by atoms with van der Waals surface area (Å²) >= 11 is 0. The third kappa shape index (κ3) is 3.44. The summed E-state index contributed by atoms with van der Waals surface area (Å²) in [4.78, 5) is 17.4. The van der Waals surface area contributed by atoms with Crippen LogP contribution in [0.2, 0.25) is 0 Å². The van der Waals surface area contributed by atoms with E-state index in [1.54, 1.807) is 0 Å². The monoisotopic (exact) mass is 333 g/mol. The zero-order chi connectivity index (χ0) is 16.5. The second kappa shape index (κ2) is 7.23. The molecule has 2 amide bonds. The van der Waals surface area contributed by atoms with Crippen LogP contribution in [-0.2, 0) is 0 Å². The fourth-order valence-corrected chi connectivity index (χ4v) is 6.02. The summed E-state index contributed by atoms with van der Waals surface area (Å²) in [5, 5.41) is 3.34. The van der Waals surface area contributed by atoms with Crippen molar-refractivity contribution >= 4 is 6.03 Å². The van der Waals surface area contributed by atoms with E-state index in [0.29, 0.717) is 6.04 Å². The molecule has 2 saturated heterocycles. The molecule has 4 rings (SSSR count). The van der Waals surface area contributed by atoms with Crippen molar-refractivity contribution in [3.05, 3.63) is 0 Å². The zero-order valence-electron chi connectivity index (χ0n) is 15.4. The second-order valence-electron chi connectivity index (χ2n) is 8.89. The van der Waals surface area contributed by atoms with Crippen LogP contribution < -0.4 is 5.32 Å². The number of fused-ring (bicyclic) bond motifs is 2. The van der Waals surface area contributed by atoms with Crippen molar-refractivity contribution in [1.82, 2.24) is 15.1 Å². The van der Waals surface area contributed by atoms with Crippen LogP contribution in [0.3, 0.4) is 0 Å². The van der Waals surface area contributed by atoms with Gasteiger partial charge in [0.1, 0.15) is 0 Å². The molecule has 2 aliphatic carbocycles. The molecule has 2 heterocycles. The normalized spacial score (nSPS) is 36.0. The zero-order valence-corrected chi connectivity index (χ0v) is 15.4. The molecule has 0 spiro atoms. The van der Waals surface area contributed by atoms with Gasteiger partial charge in [0.25, 0.3) is 0 Å². The lowest BCUT2D eigenvalue weighted by atomic mass is 9.84. The van der Waals surface area contributed by atoms with E-state index in [2.05, 4.69) is 22.0 Å². The first kappa shape index (κ1) is 16.7. The lowest BCUT2D eigenvalue weighted by Crippen LogP contribution is -2.52. The number of urea groups is 1. The number of carbonyl (C=O) groups excluding carboxylic acids is 1. The van der Waals surface area contributed by atoms with Gasteiger partial charge in [-0.05, 0) is 82.7 Å². The smallest absolute Gasteiger partial charge is 0.317 e. The van der Waals surface area contributed by atoms with E-state index in [0.717, 1.165) is 49.7 Å². The summed E-state index contributed by atoms with van der Waals surface area (Å²) in [6.45, 7) is 6.67. The van der Waals surface area contributed by atoms with Crippen molar-refractivity contribution in [2.24, 2.45) is 17.8 Å². The molecule has 4 atom stereocenters. The van der Waals surface area contributed by atoms with Gasteiger partial charge in [0.15, 0.2) is 0 Å². The molecule has 2 saturated carbocycles. The highest BCUT2D eigenvalue weighted by molar-refractivity contribution is 5.74. The quantitative estimate of drug-likeness (QED) is 0.858. The fourth-order valence-electron chi connectivity index (χ4n) is 6.02. The molecule has 0 radical (unpaired) electrons. The molecule has 0 aromatic rings. The number of carbonyl (C=O) groups is 1. The molecular formula is C20H35N3O. The van der Waals surface area contributed by atoms with E-state index < -0.39 is 0 Å². The molecular weight excluding hydrogens is 298 g/mol. The number of hydrogen-bond donors (Lipinski definition) is 1. The molecule has 1 N–H and O–H groups in total. The predicted octanol–water partition coefficient (Wildman–Crippen LogP) is 3.47. The number of nitrogens with zero attached hydrogens (tertiary/aromatic N) is 2. The fraction of sp³-hybridized carbons (Fsp3) is 0.950. The Labute approximate surface area is 147 Å². The van der Waals surface area contributed by atoms with Gasteiger partial charge in [-0.25, -0.2) is 4.79 Å². The van der Waals surface area contributed by atoms with Crippen molar-refractivity contribution in [3.63, 3.8) is 0 Å². The van der Waals surface area contributed by atoms with Gasteiger partial charge in [0.2, 0.25) is 0 Å². The first-order chi connectivity index (χ1) is 11.7. The standard InChI is InChI=1S/C20H35N3O/c1-15(19-14-16-5-6-17(19)13-16)21-20(24)23-11-7-18(8-12-23)22-9-3-2-4-10-22/h15-19H,2-14H2,1H3,(H,21,24)/t15-,16-,17-,19-/m0/s1. The molecule has 0 aromatic carbocycles. The van der Waals surface area contributed by atoms with Crippen molar-refractivity contribution in [3.8, 4) is 0 Å². The molecule has 0 aromatic heterocycles. The topological polar surface area (TPSA) is 35.6 Å². The van der Waals surface area contributed by atoms with E-state index in [4.69, 9.17) is 0 Å². The molecule has 4 nitrogen and oxygen atoms in total. The van der Waals surface area contributed by atoms with Gasteiger partial charge in [0, 0.05) is 25.2 Å². The minimum absolute atomic E-state index is 0.197. The molecule has 4 fully saturated rings. The van der Waals surface area contributed by atoms with E-state index >= 15 is 0 Å². The van der Waals surface area contributed by atoms with Crippen LogP contribution in [0.4, 0.5) is 4.79 Å². The number of piperidine rings is 2. The first-order valence-corrected chi connectivity index (χ1v) is 10.5. The first-order valence-electron chi connectivity index (χ1n) is 10.5. The summed E-state index contributed by atoms with van der Waals surface area (Å²) in [5.74, 6) is 2.58. The van der Waals surface area contributed by atoms with Crippen LogP contribution in [0.15, 0.2) is 0 Å². The average molecular weight is 334 g/mol. The minimum atomic E-state index is 0.197. The molecule has 136 valence electrons. The average Bonchev–Trinajstić information content (AvgIpc) is 3.26. The molecule has 4 heteroatoms. The number of hydrogen-bond acceptors (Lipinski definition) is 2. The highest BCUT2D eigenvalue weighted by Gasteiger charge is 2.42. The Morgan fingerprint density at radius 3 is 2.33 bits per heavy atom. The Morgan fingerprint density at radius 2 is 1.71 bits per heavy atom. The van der Waals surface area contributed by atoms with Crippen LogP contribution >= 0.6 is 0 Å². The van der Waals surface area contributed by atoms with Crippen LogP contribution in [-0.4, -0.2) is 54.1 Å². The van der Waals surface area contributed by atoms with Crippen molar-refractivity contribution in [2.45, 2.75) is 76.8 Å². The highest BCUT2D eigenvalue weighted by atomic mass is 16.2. The molecule has 4 aliphatic rings. The largest absolute Gasteiger partial charge is 0.335 e. The maximum Gasteiger partial charge on any atom is 0.317 e. The van der Waals surface area contributed by atoms with Crippen molar-refractivity contribution in [2.75, 3.05) is 26.2 Å². The molecule has 2 aliphatic heterocycles. The van der Waals surface area contributed by atoms with Gasteiger partial charge in [-0.15, -0.1) is 0 Å². The van der Waals surface area contributed by atoms with E-state index in [1.807, 2.05) is 0 Å². The van der Waals surface area contributed by atoms with Crippen molar-refractivity contribution in [1.29, 1.82) is 0 Å². The lowest BCUT2D eigenvalue weighted by molar-refractivity contribution is 0.0993. The number of nitrogens with one attached hydrogen (secondary N) is 1. The van der Waals surface area contributed by atoms with Gasteiger partial charge in [-0.3, -0.25) is 0 Å². The van der Waals surface area contributed by atoms with Crippen molar-refractivity contribution < 1.29 is 4.79 Å². The van der Waals surface area contributed by atoms with E-state index in [9.17, 15) is 4.79 Å². The Hall–Kier alpha value is -0.770. The molecule has 2 bridgehead atoms. The van der Waals surface area contributed by atoms with Gasteiger partial charge >= 0.3 is 6.03 Å². The Morgan fingerprint density at radius 1 is 0.958 bits per heavy atom. The summed E-state index contributed by atoms with van der Waals surface area (Å²) in [7, 11) is 0. The van der Waals surface area contributed by atoms with Gasteiger partial charge < -0.3 is 15.1 Å². The molecule has 24 heavy (non-hydrogen) atoms. The minimum Gasteiger partial charge on any atom is -0.335 e. The highest BCUT2D eigenvalue weighted by Crippen LogP contribution is 2.49. The van der Waals surface area contributed by atoms with Gasteiger partial charge in [-0.1, -0.05) is 12.8 Å². The number of rotatable bonds is 3. The van der Waals surface area contributed by atoms with E-state index in [1.165, 1.54) is 58.0 Å². The van der Waals surface area contributed by atoms with Crippen LogP contribution in [0, 0.1) is 17.8 Å². The van der Waals surface area contributed by atoms with Crippen LogP contribution in [0.5, 0.6) is 0 Å². The maximum atomic E-state index is 12.7. The Balaban J connectivity index is 1.22. The van der Waals surface area contributed by atoms with Gasteiger partial charge in [0.05, 0.1) is 0 Å². The maximum absolute atomic E-state index is 12.7. The van der Waals surface area contributed by atoms with E-state index in [-0.39, 0.29) is 6.03 Å². The third-order valence-electron chi connectivity index (χ3n) is 7.44. The number of likely N-dealkylation sites (tertiary alicyclic amines) is 2. The molecule has 0 unspecified atom stereocenters. The predicted molar refractivity (Wildman–Crippen MR) is 97.0 cm³/mol. The second-order valence-corrected chi connectivity index (χ2v) is 8.89. The summed E-state index contributed by atoms with van der Waals surface area (Å²) in [6, 6.07) is 1.27. The number of amides is 2. The Bertz CT molecular complexity index is 440.